The standard InChI is InChI=1S/C18H14BrNO4S/c1-10-6-7-13(12(19)8-10)20-16(21)9-15(17(20)22)25-14-5-3-2-4-11(14)18(23)24/h2-8,15H,9H2,1H3,(H,23,24)/t15-/m0/s1. The highest BCUT2D eigenvalue weighted by Crippen LogP contribution is 2.37. The molecule has 0 unspecified atom stereocenters. The van der Waals surface area contributed by atoms with Crippen molar-refractivity contribution >= 4 is 51.2 Å². The van der Waals surface area contributed by atoms with Crippen LogP contribution in [0.5, 0.6) is 0 Å². The molecular formula is C18H14BrNO4S. The number of halogens is 1. The highest BCUT2D eigenvalue weighted by atomic mass is 79.9. The predicted octanol–water partition coefficient (Wildman–Crippen LogP) is 3.88. The van der Waals surface area contributed by atoms with Gasteiger partial charge in [-0.25, -0.2) is 9.69 Å². The lowest BCUT2D eigenvalue weighted by Crippen LogP contribution is -2.31. The van der Waals surface area contributed by atoms with Gasteiger partial charge in [0.15, 0.2) is 0 Å². The summed E-state index contributed by atoms with van der Waals surface area (Å²) in [5.74, 6) is -1.68. The third kappa shape index (κ3) is 3.48. The van der Waals surface area contributed by atoms with Crippen molar-refractivity contribution in [3.63, 3.8) is 0 Å². The number of thioether (sulfide) groups is 1. The molecule has 7 heteroatoms. The van der Waals surface area contributed by atoms with Crippen molar-refractivity contribution in [3.8, 4) is 0 Å². The van der Waals surface area contributed by atoms with Gasteiger partial charge in [0, 0.05) is 15.8 Å². The lowest BCUT2D eigenvalue weighted by molar-refractivity contribution is -0.121. The Balaban J connectivity index is 1.88. The first-order valence-electron chi connectivity index (χ1n) is 7.50. The van der Waals surface area contributed by atoms with Crippen molar-refractivity contribution in [2.75, 3.05) is 4.90 Å². The number of nitrogens with zero attached hydrogens (tertiary/aromatic N) is 1. The minimum Gasteiger partial charge on any atom is -0.478 e. The molecular weight excluding hydrogens is 406 g/mol. The van der Waals surface area contributed by atoms with Crippen molar-refractivity contribution in [1.82, 2.24) is 0 Å². The van der Waals surface area contributed by atoms with Crippen molar-refractivity contribution in [3.05, 3.63) is 58.1 Å². The van der Waals surface area contributed by atoms with E-state index in [1.165, 1.54) is 11.0 Å². The van der Waals surface area contributed by atoms with E-state index >= 15 is 0 Å². The van der Waals surface area contributed by atoms with Gasteiger partial charge in [0.2, 0.25) is 11.8 Å². The normalized spacial score (nSPS) is 17.2. The highest BCUT2D eigenvalue weighted by molar-refractivity contribution is 9.10. The molecule has 1 aliphatic rings. The Labute approximate surface area is 157 Å². The zero-order valence-electron chi connectivity index (χ0n) is 13.2. The molecule has 0 bridgehead atoms. The van der Waals surface area contributed by atoms with E-state index in [2.05, 4.69) is 15.9 Å². The third-order valence-electron chi connectivity index (χ3n) is 3.84. The number of aromatic carboxylic acids is 1. The molecule has 128 valence electrons. The minimum absolute atomic E-state index is 0.0395. The number of benzene rings is 2. The molecule has 1 heterocycles. The zero-order valence-corrected chi connectivity index (χ0v) is 15.6. The van der Waals surface area contributed by atoms with Gasteiger partial charge in [-0.05, 0) is 52.7 Å². The van der Waals surface area contributed by atoms with E-state index in [1.807, 2.05) is 19.1 Å². The van der Waals surface area contributed by atoms with E-state index < -0.39 is 11.2 Å². The zero-order chi connectivity index (χ0) is 18.1. The van der Waals surface area contributed by atoms with Gasteiger partial charge in [-0.3, -0.25) is 9.59 Å². The topological polar surface area (TPSA) is 74.7 Å². The summed E-state index contributed by atoms with van der Waals surface area (Å²) in [7, 11) is 0. The lowest BCUT2D eigenvalue weighted by atomic mass is 10.2. The number of aryl methyl sites for hydroxylation is 1. The molecule has 1 atom stereocenters. The van der Waals surface area contributed by atoms with Gasteiger partial charge in [0.25, 0.3) is 0 Å². The van der Waals surface area contributed by atoms with Gasteiger partial charge in [-0.1, -0.05) is 18.2 Å². The van der Waals surface area contributed by atoms with E-state index in [0.29, 0.717) is 15.1 Å². The fourth-order valence-corrected chi connectivity index (χ4v) is 4.49. The number of carbonyl (C=O) groups is 3. The van der Waals surface area contributed by atoms with Crippen LogP contribution in [0.15, 0.2) is 51.8 Å². The number of imide groups is 1. The molecule has 3 rings (SSSR count). The van der Waals surface area contributed by atoms with Crippen LogP contribution >= 0.6 is 27.7 Å². The summed E-state index contributed by atoms with van der Waals surface area (Å²) >= 11 is 4.52. The lowest BCUT2D eigenvalue weighted by Gasteiger charge is -2.17. The molecule has 0 saturated carbocycles. The van der Waals surface area contributed by atoms with E-state index in [1.54, 1.807) is 24.3 Å². The summed E-state index contributed by atoms with van der Waals surface area (Å²) in [6, 6.07) is 11.9. The van der Waals surface area contributed by atoms with Crippen molar-refractivity contribution in [2.45, 2.75) is 23.5 Å². The van der Waals surface area contributed by atoms with Crippen molar-refractivity contribution in [2.24, 2.45) is 0 Å². The second-order valence-electron chi connectivity index (χ2n) is 5.63. The third-order valence-corrected chi connectivity index (χ3v) is 5.73. The maximum Gasteiger partial charge on any atom is 0.336 e. The number of hydrogen-bond donors (Lipinski definition) is 1. The summed E-state index contributed by atoms with van der Waals surface area (Å²) < 4.78 is 0.672. The van der Waals surface area contributed by atoms with Crippen LogP contribution in [-0.2, 0) is 9.59 Å². The van der Waals surface area contributed by atoms with Gasteiger partial charge in [0.05, 0.1) is 16.5 Å². The van der Waals surface area contributed by atoms with Crippen LogP contribution in [0.4, 0.5) is 5.69 Å². The minimum atomic E-state index is -1.06. The number of hydrogen-bond acceptors (Lipinski definition) is 4. The molecule has 1 aliphatic heterocycles. The average molecular weight is 420 g/mol. The molecule has 2 amide bonds. The van der Waals surface area contributed by atoms with E-state index in [-0.39, 0.29) is 23.8 Å². The maximum absolute atomic E-state index is 12.8. The van der Waals surface area contributed by atoms with E-state index in [4.69, 9.17) is 0 Å². The first-order chi connectivity index (χ1) is 11.9. The number of carboxylic acids is 1. The number of carbonyl (C=O) groups excluding carboxylic acids is 2. The molecule has 2 aromatic rings. The van der Waals surface area contributed by atoms with E-state index in [9.17, 15) is 19.5 Å². The molecule has 0 aliphatic carbocycles. The summed E-state index contributed by atoms with van der Waals surface area (Å²) in [6.45, 7) is 1.92. The Bertz CT molecular complexity index is 883. The molecule has 1 fully saturated rings. The van der Waals surface area contributed by atoms with Crippen LogP contribution in [0.25, 0.3) is 0 Å². The predicted molar refractivity (Wildman–Crippen MR) is 99.0 cm³/mol. The van der Waals surface area contributed by atoms with Crippen LogP contribution in [0.1, 0.15) is 22.3 Å². The average Bonchev–Trinajstić information content (AvgIpc) is 2.82. The Morgan fingerprint density at radius 1 is 1.24 bits per heavy atom. The summed E-state index contributed by atoms with van der Waals surface area (Å²) in [6.07, 6.45) is 0.0395. The van der Waals surface area contributed by atoms with Crippen molar-refractivity contribution in [1.29, 1.82) is 0 Å². The molecule has 1 saturated heterocycles. The van der Waals surface area contributed by atoms with Crippen LogP contribution in [0.2, 0.25) is 0 Å². The molecule has 25 heavy (non-hydrogen) atoms. The highest BCUT2D eigenvalue weighted by Gasteiger charge is 2.41. The molecule has 0 aromatic heterocycles. The summed E-state index contributed by atoms with van der Waals surface area (Å²) in [4.78, 5) is 38.1. The first-order valence-corrected chi connectivity index (χ1v) is 9.17. The van der Waals surface area contributed by atoms with Crippen LogP contribution < -0.4 is 4.90 Å². The van der Waals surface area contributed by atoms with Gasteiger partial charge >= 0.3 is 5.97 Å². The Morgan fingerprint density at radius 3 is 2.64 bits per heavy atom. The van der Waals surface area contributed by atoms with Crippen molar-refractivity contribution < 1.29 is 19.5 Å². The first kappa shape index (κ1) is 17.7. The molecule has 0 spiro atoms. The fourth-order valence-electron chi connectivity index (χ4n) is 2.64. The smallest absolute Gasteiger partial charge is 0.336 e. The number of amides is 2. The Morgan fingerprint density at radius 2 is 1.96 bits per heavy atom. The van der Waals surface area contributed by atoms with Crippen LogP contribution in [0, 0.1) is 6.92 Å². The fraction of sp³-hybridized carbons (Fsp3) is 0.167. The van der Waals surface area contributed by atoms with Gasteiger partial charge in [-0.15, -0.1) is 11.8 Å². The quantitative estimate of drug-likeness (QED) is 0.760. The van der Waals surface area contributed by atoms with Gasteiger partial charge in [-0.2, -0.15) is 0 Å². The second-order valence-corrected chi connectivity index (χ2v) is 7.73. The Kier molecular flexibility index (Phi) is 4.96. The molecule has 5 nitrogen and oxygen atoms in total. The second kappa shape index (κ2) is 7.01. The molecule has 1 N–H and O–H groups in total. The van der Waals surface area contributed by atoms with Gasteiger partial charge in [0.1, 0.15) is 0 Å². The monoisotopic (exact) mass is 419 g/mol. The summed E-state index contributed by atoms with van der Waals surface area (Å²) in [5.41, 5.74) is 1.65. The van der Waals surface area contributed by atoms with Crippen LogP contribution in [0.3, 0.4) is 0 Å². The number of rotatable bonds is 4. The largest absolute Gasteiger partial charge is 0.478 e. The number of anilines is 1. The van der Waals surface area contributed by atoms with Gasteiger partial charge < -0.3 is 5.11 Å². The summed E-state index contributed by atoms with van der Waals surface area (Å²) in [5, 5.41) is 8.63. The Hall–Kier alpha value is -2.12. The van der Waals surface area contributed by atoms with E-state index in [0.717, 1.165) is 17.3 Å². The number of carboxylic acid groups (broad SMARTS) is 1. The molecule has 2 aromatic carbocycles. The SMILES string of the molecule is Cc1ccc(N2C(=O)C[C@H](Sc3ccccc3C(=O)O)C2=O)c(Br)c1. The molecule has 0 radical (unpaired) electrons. The maximum atomic E-state index is 12.8. The van der Waals surface area contributed by atoms with Crippen LogP contribution in [-0.4, -0.2) is 28.1 Å².